The second-order valence-electron chi connectivity index (χ2n) is 7.78. The van der Waals surface area contributed by atoms with Crippen molar-refractivity contribution < 1.29 is 14.3 Å². The Morgan fingerprint density at radius 3 is 2.52 bits per heavy atom. The molecule has 7 nitrogen and oxygen atoms in total. The number of carbonyl (C=O) groups is 1. The van der Waals surface area contributed by atoms with Gasteiger partial charge < -0.3 is 25.0 Å². The molecule has 160 valence electrons. The number of nitrogens with one attached hydrogen (secondary N) is 2. The minimum Gasteiger partial charge on any atom is -0.444 e. The molecule has 0 saturated carbocycles. The molecule has 1 fully saturated rings. The summed E-state index contributed by atoms with van der Waals surface area (Å²) in [5.41, 5.74) is -0.465. The molecule has 0 aromatic rings. The fourth-order valence-electron chi connectivity index (χ4n) is 2.76. The Labute approximate surface area is 182 Å². The van der Waals surface area contributed by atoms with Gasteiger partial charge in [-0.05, 0) is 59.3 Å². The quantitative estimate of drug-likeness (QED) is 0.233. The lowest BCUT2D eigenvalue weighted by atomic mass is 9.96. The van der Waals surface area contributed by atoms with Crippen molar-refractivity contribution in [3.8, 4) is 0 Å². The van der Waals surface area contributed by atoms with Gasteiger partial charge in [-0.1, -0.05) is 0 Å². The van der Waals surface area contributed by atoms with E-state index in [0.717, 1.165) is 57.4 Å². The van der Waals surface area contributed by atoms with Gasteiger partial charge in [0.1, 0.15) is 5.60 Å². The summed E-state index contributed by atoms with van der Waals surface area (Å²) in [4.78, 5) is 18.5. The average molecular weight is 498 g/mol. The van der Waals surface area contributed by atoms with Gasteiger partial charge in [-0.2, -0.15) is 0 Å². The van der Waals surface area contributed by atoms with E-state index < -0.39 is 5.60 Å². The third-order valence-electron chi connectivity index (χ3n) is 4.17. The van der Waals surface area contributed by atoms with Crippen molar-refractivity contribution in [3.05, 3.63) is 0 Å². The van der Waals surface area contributed by atoms with E-state index in [1.54, 1.807) is 0 Å². The summed E-state index contributed by atoms with van der Waals surface area (Å²) in [5.74, 6) is 1.68. The van der Waals surface area contributed by atoms with Gasteiger partial charge in [0.2, 0.25) is 0 Å². The van der Waals surface area contributed by atoms with E-state index in [1.807, 2.05) is 20.8 Å². The van der Waals surface area contributed by atoms with E-state index in [0.29, 0.717) is 13.1 Å². The SMILES string of the molecule is CCNC(=NCCCNC(=O)OC(C)(C)C)N(C)CCC1CCOCC1.I. The Balaban J connectivity index is 0.00000676. The summed E-state index contributed by atoms with van der Waals surface area (Å²) < 4.78 is 10.6. The number of ether oxygens (including phenoxy) is 2. The Bertz CT molecular complexity index is 435. The lowest BCUT2D eigenvalue weighted by Crippen LogP contribution is -2.40. The molecule has 1 saturated heterocycles. The number of hydrogen-bond acceptors (Lipinski definition) is 4. The first-order valence-corrected chi connectivity index (χ1v) is 9.86. The van der Waals surface area contributed by atoms with Gasteiger partial charge in [-0.15, -0.1) is 24.0 Å². The number of alkyl carbamates (subject to hydrolysis) is 1. The summed E-state index contributed by atoms with van der Waals surface area (Å²) in [7, 11) is 2.08. The number of guanidine groups is 1. The van der Waals surface area contributed by atoms with Crippen LogP contribution < -0.4 is 10.6 Å². The Morgan fingerprint density at radius 1 is 1.26 bits per heavy atom. The lowest BCUT2D eigenvalue weighted by molar-refractivity contribution is 0.0527. The van der Waals surface area contributed by atoms with Crippen LogP contribution in [0.15, 0.2) is 4.99 Å². The summed E-state index contributed by atoms with van der Waals surface area (Å²) in [6.45, 7) is 12.5. The molecule has 2 N–H and O–H groups in total. The largest absolute Gasteiger partial charge is 0.444 e. The predicted octanol–water partition coefficient (Wildman–Crippen LogP) is 3.23. The highest BCUT2D eigenvalue weighted by Gasteiger charge is 2.16. The van der Waals surface area contributed by atoms with Crippen LogP contribution in [0, 0.1) is 5.92 Å². The second kappa shape index (κ2) is 14.3. The number of nitrogens with zero attached hydrogens (tertiary/aromatic N) is 2. The number of carbonyl (C=O) groups excluding carboxylic acids is 1. The highest BCUT2D eigenvalue weighted by molar-refractivity contribution is 14.0. The first-order chi connectivity index (χ1) is 12.3. The van der Waals surface area contributed by atoms with Gasteiger partial charge in [0, 0.05) is 46.4 Å². The molecule has 0 unspecified atom stereocenters. The summed E-state index contributed by atoms with van der Waals surface area (Å²) in [6, 6.07) is 0. The number of amides is 1. The smallest absolute Gasteiger partial charge is 0.407 e. The van der Waals surface area contributed by atoms with Crippen molar-refractivity contribution >= 4 is 36.0 Å². The summed E-state index contributed by atoms with van der Waals surface area (Å²) in [6.07, 6.45) is 3.91. The average Bonchev–Trinajstić information content (AvgIpc) is 2.57. The molecule has 1 aliphatic heterocycles. The molecule has 0 radical (unpaired) electrons. The first kappa shape index (κ1) is 26.2. The van der Waals surface area contributed by atoms with Crippen molar-refractivity contribution in [1.82, 2.24) is 15.5 Å². The number of aliphatic imine (C=N–C) groups is 1. The van der Waals surface area contributed by atoms with E-state index in [4.69, 9.17) is 9.47 Å². The van der Waals surface area contributed by atoms with Gasteiger partial charge in [0.15, 0.2) is 5.96 Å². The van der Waals surface area contributed by atoms with Crippen LogP contribution in [0.3, 0.4) is 0 Å². The van der Waals surface area contributed by atoms with Crippen molar-refractivity contribution in [1.29, 1.82) is 0 Å². The van der Waals surface area contributed by atoms with Crippen LogP contribution in [0.1, 0.15) is 53.4 Å². The van der Waals surface area contributed by atoms with Crippen molar-refractivity contribution in [2.75, 3.05) is 46.4 Å². The maximum Gasteiger partial charge on any atom is 0.407 e. The summed E-state index contributed by atoms with van der Waals surface area (Å²) in [5, 5.41) is 6.11. The molecule has 0 atom stereocenters. The second-order valence-corrected chi connectivity index (χ2v) is 7.78. The zero-order chi connectivity index (χ0) is 19.4. The number of rotatable bonds is 8. The lowest BCUT2D eigenvalue weighted by Gasteiger charge is -2.26. The van der Waals surface area contributed by atoms with E-state index in [2.05, 4.69) is 34.5 Å². The van der Waals surface area contributed by atoms with Crippen LogP contribution in [0.25, 0.3) is 0 Å². The fraction of sp³-hybridized carbons (Fsp3) is 0.895. The molecule has 0 spiro atoms. The molecule has 8 heteroatoms. The van der Waals surface area contributed by atoms with Gasteiger partial charge >= 0.3 is 6.09 Å². The number of hydrogen-bond donors (Lipinski definition) is 2. The topological polar surface area (TPSA) is 75.2 Å². The molecular formula is C19H39IN4O3. The third-order valence-corrected chi connectivity index (χ3v) is 4.17. The molecule has 1 aliphatic rings. The molecule has 0 bridgehead atoms. The highest BCUT2D eigenvalue weighted by Crippen LogP contribution is 2.18. The molecule has 27 heavy (non-hydrogen) atoms. The van der Waals surface area contributed by atoms with Crippen LogP contribution >= 0.6 is 24.0 Å². The monoisotopic (exact) mass is 498 g/mol. The Morgan fingerprint density at radius 2 is 1.93 bits per heavy atom. The molecule has 0 aromatic carbocycles. The predicted molar refractivity (Wildman–Crippen MR) is 121 cm³/mol. The van der Waals surface area contributed by atoms with Gasteiger partial charge in [0.05, 0.1) is 0 Å². The van der Waals surface area contributed by atoms with Crippen molar-refractivity contribution in [2.24, 2.45) is 10.9 Å². The van der Waals surface area contributed by atoms with E-state index >= 15 is 0 Å². The molecule has 1 rings (SSSR count). The zero-order valence-electron chi connectivity index (χ0n) is 17.7. The third kappa shape index (κ3) is 13.1. The van der Waals surface area contributed by atoms with Crippen LogP contribution in [0.4, 0.5) is 4.79 Å². The van der Waals surface area contributed by atoms with Crippen LogP contribution in [-0.2, 0) is 9.47 Å². The van der Waals surface area contributed by atoms with Gasteiger partial charge in [-0.25, -0.2) is 4.79 Å². The highest BCUT2D eigenvalue weighted by atomic mass is 127. The van der Waals surface area contributed by atoms with E-state index in [1.165, 1.54) is 6.42 Å². The zero-order valence-corrected chi connectivity index (χ0v) is 20.0. The molecular weight excluding hydrogens is 459 g/mol. The Hall–Kier alpha value is -0.770. The Kier molecular flexibility index (Phi) is 13.9. The molecule has 1 amide bonds. The standard InChI is InChI=1S/C19H38N4O3.HI/c1-6-20-17(23(5)13-8-16-9-14-25-15-10-16)21-11-7-12-22-18(24)26-19(2,3)4;/h16H,6-15H2,1-5H3,(H,20,21)(H,22,24);1H. The maximum absolute atomic E-state index is 11.6. The molecule has 0 aromatic heterocycles. The van der Waals surface area contributed by atoms with Gasteiger partial charge in [0.25, 0.3) is 0 Å². The van der Waals surface area contributed by atoms with Crippen LogP contribution in [-0.4, -0.2) is 69.0 Å². The molecule has 0 aliphatic carbocycles. The number of halogens is 1. The fourth-order valence-corrected chi connectivity index (χ4v) is 2.76. The van der Waals surface area contributed by atoms with Crippen LogP contribution in [0.5, 0.6) is 0 Å². The van der Waals surface area contributed by atoms with Crippen molar-refractivity contribution in [2.45, 2.75) is 59.0 Å². The maximum atomic E-state index is 11.6. The minimum atomic E-state index is -0.465. The van der Waals surface area contributed by atoms with Gasteiger partial charge in [-0.3, -0.25) is 4.99 Å². The van der Waals surface area contributed by atoms with Crippen LogP contribution in [0.2, 0.25) is 0 Å². The first-order valence-electron chi connectivity index (χ1n) is 9.86. The molecule has 1 heterocycles. The van der Waals surface area contributed by atoms with E-state index in [-0.39, 0.29) is 30.1 Å². The summed E-state index contributed by atoms with van der Waals surface area (Å²) >= 11 is 0. The van der Waals surface area contributed by atoms with E-state index in [9.17, 15) is 4.79 Å². The normalized spacial score (nSPS) is 15.7. The van der Waals surface area contributed by atoms with Crippen molar-refractivity contribution in [3.63, 3.8) is 0 Å². The minimum absolute atomic E-state index is 0.